The van der Waals surface area contributed by atoms with Crippen molar-refractivity contribution < 1.29 is 13.2 Å². The van der Waals surface area contributed by atoms with Crippen LogP contribution in [0.1, 0.15) is 12.8 Å². The van der Waals surface area contributed by atoms with Crippen LogP contribution in [0.25, 0.3) is 0 Å². The summed E-state index contributed by atoms with van der Waals surface area (Å²) in [4.78, 5) is 10.9. The molecule has 5 nitrogen and oxygen atoms in total. The van der Waals surface area contributed by atoms with Crippen LogP contribution in [-0.2, 0) is 14.8 Å². The number of amides is 1. The fourth-order valence-electron chi connectivity index (χ4n) is 1.57. The molecule has 1 rings (SSSR count). The van der Waals surface area contributed by atoms with Crippen molar-refractivity contribution >= 4 is 27.5 Å². The molecule has 82 valence electrons. The third kappa shape index (κ3) is 2.37. The van der Waals surface area contributed by atoms with E-state index in [2.05, 4.69) is 0 Å². The minimum Gasteiger partial charge on any atom is -0.368 e. The first-order chi connectivity index (χ1) is 6.49. The summed E-state index contributed by atoms with van der Waals surface area (Å²) in [5, 5.41) is 0. The lowest BCUT2D eigenvalue weighted by Crippen LogP contribution is -2.44. The molecule has 1 atom stereocenters. The van der Waals surface area contributed by atoms with E-state index in [-0.39, 0.29) is 11.6 Å². The summed E-state index contributed by atoms with van der Waals surface area (Å²) >= 11 is 5.37. The second-order valence-electron chi connectivity index (χ2n) is 3.18. The van der Waals surface area contributed by atoms with E-state index in [9.17, 15) is 13.2 Å². The predicted octanol–water partition coefficient (Wildman–Crippen LogP) is -0.495. The van der Waals surface area contributed by atoms with Crippen LogP contribution in [0.3, 0.4) is 0 Å². The lowest BCUT2D eigenvalue weighted by Gasteiger charge is -2.20. The van der Waals surface area contributed by atoms with Crippen LogP contribution in [0.4, 0.5) is 0 Å². The van der Waals surface area contributed by atoms with Crippen molar-refractivity contribution in [3.8, 4) is 0 Å². The van der Waals surface area contributed by atoms with Crippen molar-refractivity contribution in [3.05, 3.63) is 0 Å². The maximum absolute atomic E-state index is 11.6. The lowest BCUT2D eigenvalue weighted by atomic mass is 10.2. The molecule has 1 unspecified atom stereocenters. The molecule has 2 N–H and O–H groups in total. The van der Waals surface area contributed by atoms with Gasteiger partial charge in [-0.1, -0.05) is 0 Å². The zero-order valence-electron chi connectivity index (χ0n) is 7.65. The van der Waals surface area contributed by atoms with E-state index in [0.29, 0.717) is 19.4 Å². The van der Waals surface area contributed by atoms with Gasteiger partial charge in [0.25, 0.3) is 0 Å². The average molecular weight is 241 g/mol. The number of carbonyl (C=O) groups is 1. The monoisotopic (exact) mass is 240 g/mol. The van der Waals surface area contributed by atoms with Crippen LogP contribution in [0.15, 0.2) is 0 Å². The fourth-order valence-corrected chi connectivity index (χ4v) is 3.59. The summed E-state index contributed by atoms with van der Waals surface area (Å²) in [5.74, 6) is -0.691. The van der Waals surface area contributed by atoms with E-state index in [1.807, 2.05) is 0 Å². The summed E-state index contributed by atoms with van der Waals surface area (Å²) in [5.41, 5.74) is 5.10. The number of rotatable bonds is 4. The van der Waals surface area contributed by atoms with E-state index in [0.717, 1.165) is 4.31 Å². The lowest BCUT2D eigenvalue weighted by molar-refractivity contribution is -0.121. The number of nitrogens with zero attached hydrogens (tertiary/aromatic N) is 1. The van der Waals surface area contributed by atoms with Crippen LogP contribution in [0.2, 0.25) is 0 Å². The molecule has 1 aliphatic rings. The summed E-state index contributed by atoms with van der Waals surface area (Å²) < 4.78 is 24.3. The Morgan fingerprint density at radius 3 is 2.71 bits per heavy atom. The fraction of sp³-hybridized carbons (Fsp3) is 0.857. The molecule has 14 heavy (non-hydrogen) atoms. The highest BCUT2D eigenvalue weighted by Crippen LogP contribution is 2.20. The molecule has 0 aliphatic carbocycles. The second kappa shape index (κ2) is 4.46. The van der Waals surface area contributed by atoms with Gasteiger partial charge in [0.05, 0.1) is 5.75 Å². The average Bonchev–Trinajstić information content (AvgIpc) is 2.51. The Labute approximate surface area is 88.2 Å². The van der Waals surface area contributed by atoms with Crippen molar-refractivity contribution in [1.82, 2.24) is 4.31 Å². The number of carbonyl (C=O) groups excluding carboxylic acids is 1. The molecule has 0 bridgehead atoms. The largest absolute Gasteiger partial charge is 0.368 e. The molecule has 1 heterocycles. The highest BCUT2D eigenvalue weighted by atomic mass is 35.5. The molecule has 1 amide bonds. The first-order valence-electron chi connectivity index (χ1n) is 4.34. The zero-order valence-corrected chi connectivity index (χ0v) is 9.22. The maximum atomic E-state index is 11.6. The van der Waals surface area contributed by atoms with Crippen LogP contribution >= 0.6 is 11.6 Å². The third-order valence-electron chi connectivity index (χ3n) is 2.22. The first kappa shape index (κ1) is 11.7. The smallest absolute Gasteiger partial charge is 0.235 e. The van der Waals surface area contributed by atoms with Crippen LogP contribution in [0, 0.1) is 0 Å². The van der Waals surface area contributed by atoms with Gasteiger partial charge in [0.15, 0.2) is 0 Å². The SMILES string of the molecule is NC(=O)C1CCCN1S(=O)(=O)CCCl. The second-order valence-corrected chi connectivity index (χ2v) is 5.60. The van der Waals surface area contributed by atoms with Gasteiger partial charge in [-0.25, -0.2) is 8.42 Å². The van der Waals surface area contributed by atoms with Crippen molar-refractivity contribution in [3.63, 3.8) is 0 Å². The quantitative estimate of drug-likeness (QED) is 0.673. The van der Waals surface area contributed by atoms with E-state index in [4.69, 9.17) is 17.3 Å². The number of alkyl halides is 1. The van der Waals surface area contributed by atoms with Gasteiger partial charge in [-0.15, -0.1) is 11.6 Å². The number of nitrogens with two attached hydrogens (primary N) is 1. The summed E-state index contributed by atoms with van der Waals surface area (Å²) in [7, 11) is -3.40. The Balaban J connectivity index is 2.81. The van der Waals surface area contributed by atoms with Crippen molar-refractivity contribution in [2.75, 3.05) is 18.2 Å². The van der Waals surface area contributed by atoms with Crippen molar-refractivity contribution in [1.29, 1.82) is 0 Å². The molecule has 0 saturated carbocycles. The van der Waals surface area contributed by atoms with Gasteiger partial charge in [-0.2, -0.15) is 4.31 Å². The number of halogens is 1. The minimum atomic E-state index is -3.40. The molecule has 0 aromatic carbocycles. The first-order valence-corrected chi connectivity index (χ1v) is 6.48. The zero-order chi connectivity index (χ0) is 10.8. The highest BCUT2D eigenvalue weighted by molar-refractivity contribution is 7.89. The van der Waals surface area contributed by atoms with Gasteiger partial charge in [-0.3, -0.25) is 4.79 Å². The normalized spacial score (nSPS) is 23.9. The number of primary amides is 1. The van der Waals surface area contributed by atoms with Crippen molar-refractivity contribution in [2.45, 2.75) is 18.9 Å². The Bertz CT molecular complexity index is 317. The number of hydrogen-bond donors (Lipinski definition) is 1. The van der Waals surface area contributed by atoms with Crippen LogP contribution in [-0.4, -0.2) is 42.8 Å². The molecule has 0 spiro atoms. The standard InChI is InChI=1S/C7H13ClN2O3S/c8-3-5-14(12,13)10-4-1-2-6(10)7(9)11/h6H,1-5H2,(H2,9,11). The van der Waals surface area contributed by atoms with E-state index >= 15 is 0 Å². The Morgan fingerprint density at radius 2 is 2.21 bits per heavy atom. The van der Waals surface area contributed by atoms with E-state index in [1.54, 1.807) is 0 Å². The molecule has 1 aliphatic heterocycles. The number of sulfonamides is 1. The molecule has 0 radical (unpaired) electrons. The van der Waals surface area contributed by atoms with Gasteiger partial charge in [0.1, 0.15) is 6.04 Å². The van der Waals surface area contributed by atoms with Gasteiger partial charge < -0.3 is 5.73 Å². The molecule has 1 saturated heterocycles. The topological polar surface area (TPSA) is 80.5 Å². The number of hydrogen-bond acceptors (Lipinski definition) is 3. The highest BCUT2D eigenvalue weighted by Gasteiger charge is 2.36. The van der Waals surface area contributed by atoms with Crippen molar-refractivity contribution in [2.24, 2.45) is 5.73 Å². The van der Waals surface area contributed by atoms with Gasteiger partial charge in [0, 0.05) is 12.4 Å². The third-order valence-corrected chi connectivity index (χ3v) is 4.51. The molecule has 7 heteroatoms. The maximum Gasteiger partial charge on any atom is 0.235 e. The molecule has 0 aromatic heterocycles. The van der Waals surface area contributed by atoms with E-state index < -0.39 is 22.0 Å². The van der Waals surface area contributed by atoms with Gasteiger partial charge in [-0.05, 0) is 12.8 Å². The van der Waals surface area contributed by atoms with E-state index in [1.165, 1.54) is 0 Å². The predicted molar refractivity (Wildman–Crippen MR) is 53.4 cm³/mol. The Morgan fingerprint density at radius 1 is 1.57 bits per heavy atom. The molecular formula is C7H13ClN2O3S. The van der Waals surface area contributed by atoms with Crippen LogP contribution in [0.5, 0.6) is 0 Å². The Hall–Kier alpha value is -0.330. The summed E-state index contributed by atoms with van der Waals surface area (Å²) in [6.45, 7) is 0.368. The van der Waals surface area contributed by atoms with Gasteiger partial charge >= 0.3 is 0 Å². The Kier molecular flexibility index (Phi) is 3.74. The minimum absolute atomic E-state index is 0.0321. The molecule has 1 fully saturated rings. The van der Waals surface area contributed by atoms with Gasteiger partial charge in [0.2, 0.25) is 15.9 Å². The molecular weight excluding hydrogens is 228 g/mol. The molecule has 0 aromatic rings. The van der Waals surface area contributed by atoms with Crippen LogP contribution < -0.4 is 5.73 Å². The summed E-state index contributed by atoms with van der Waals surface area (Å²) in [6.07, 6.45) is 1.19. The summed E-state index contributed by atoms with van der Waals surface area (Å²) in [6, 6.07) is -0.678.